The number of nitrogens with zero attached hydrogens (tertiary/aromatic N) is 1. The van der Waals surface area contributed by atoms with Gasteiger partial charge in [-0.2, -0.15) is 0 Å². The molecule has 2 bridgehead atoms. The topological polar surface area (TPSA) is 67.6 Å². The zero-order valence-corrected chi connectivity index (χ0v) is 11.1. The molecule has 2 fully saturated rings. The molecule has 5 heteroatoms. The summed E-state index contributed by atoms with van der Waals surface area (Å²) >= 11 is 0. The standard InChI is InChI=1S/C14H19N3O2/c1-9-6-10(16-15)2-5-13(9)14(18)17-7-11-3-4-12(8-17)19-11/h2,5-6,11-12,16H,3-4,7-8,15H2,1H3. The van der Waals surface area contributed by atoms with Gasteiger partial charge in [-0.1, -0.05) is 0 Å². The number of fused-ring (bicyclic) bond motifs is 2. The molecule has 0 saturated carbocycles. The molecule has 1 aromatic carbocycles. The van der Waals surface area contributed by atoms with E-state index in [1.807, 2.05) is 30.0 Å². The van der Waals surface area contributed by atoms with Crippen molar-refractivity contribution in [1.29, 1.82) is 0 Å². The zero-order chi connectivity index (χ0) is 13.4. The Hall–Kier alpha value is -1.59. The summed E-state index contributed by atoms with van der Waals surface area (Å²) in [5.74, 6) is 5.47. The van der Waals surface area contributed by atoms with Crippen molar-refractivity contribution in [2.45, 2.75) is 32.0 Å². The molecule has 2 atom stereocenters. The van der Waals surface area contributed by atoms with E-state index < -0.39 is 0 Å². The van der Waals surface area contributed by atoms with E-state index in [0.717, 1.165) is 29.7 Å². The van der Waals surface area contributed by atoms with E-state index in [1.165, 1.54) is 0 Å². The molecule has 3 rings (SSSR count). The van der Waals surface area contributed by atoms with Crippen LogP contribution in [0.2, 0.25) is 0 Å². The minimum absolute atomic E-state index is 0.0984. The molecule has 102 valence electrons. The van der Waals surface area contributed by atoms with Crippen LogP contribution in [0.4, 0.5) is 5.69 Å². The van der Waals surface area contributed by atoms with Crippen LogP contribution < -0.4 is 11.3 Å². The van der Waals surface area contributed by atoms with E-state index >= 15 is 0 Å². The lowest BCUT2D eigenvalue weighted by atomic mass is 10.1. The molecule has 2 unspecified atom stereocenters. The van der Waals surface area contributed by atoms with Gasteiger partial charge in [0.05, 0.1) is 12.2 Å². The lowest BCUT2D eigenvalue weighted by Gasteiger charge is -2.32. The fourth-order valence-corrected chi connectivity index (χ4v) is 2.94. The third-order valence-electron chi connectivity index (χ3n) is 3.95. The van der Waals surface area contributed by atoms with Gasteiger partial charge in [-0.3, -0.25) is 10.6 Å². The van der Waals surface area contributed by atoms with Crippen molar-refractivity contribution in [2.24, 2.45) is 5.84 Å². The number of ether oxygens (including phenoxy) is 1. The molecule has 5 nitrogen and oxygen atoms in total. The third-order valence-corrected chi connectivity index (χ3v) is 3.95. The lowest BCUT2D eigenvalue weighted by molar-refractivity contribution is -0.0303. The Balaban J connectivity index is 1.80. The Kier molecular flexibility index (Phi) is 3.16. The fourth-order valence-electron chi connectivity index (χ4n) is 2.94. The maximum atomic E-state index is 12.6. The summed E-state index contributed by atoms with van der Waals surface area (Å²) in [6.45, 7) is 3.36. The van der Waals surface area contributed by atoms with Crippen LogP contribution in [0.25, 0.3) is 0 Å². The third kappa shape index (κ3) is 2.31. The molecule has 1 amide bonds. The molecule has 2 saturated heterocycles. The van der Waals surface area contributed by atoms with Crippen molar-refractivity contribution >= 4 is 11.6 Å². The second kappa shape index (κ2) is 4.83. The molecule has 1 aromatic rings. The average molecular weight is 261 g/mol. The van der Waals surface area contributed by atoms with Gasteiger partial charge < -0.3 is 15.1 Å². The summed E-state index contributed by atoms with van der Waals surface area (Å²) in [6, 6.07) is 5.56. The van der Waals surface area contributed by atoms with Crippen LogP contribution in [0.3, 0.4) is 0 Å². The SMILES string of the molecule is Cc1cc(NN)ccc1C(=O)N1CC2CCC(C1)O2. The predicted octanol–water partition coefficient (Wildman–Crippen LogP) is 1.28. The van der Waals surface area contributed by atoms with E-state index in [1.54, 1.807) is 0 Å². The number of aryl methyl sites for hydroxylation is 1. The first kappa shape index (κ1) is 12.4. The first-order valence-corrected chi connectivity index (χ1v) is 6.69. The number of morpholine rings is 1. The first-order chi connectivity index (χ1) is 9.17. The maximum absolute atomic E-state index is 12.6. The van der Waals surface area contributed by atoms with Crippen molar-refractivity contribution < 1.29 is 9.53 Å². The number of anilines is 1. The number of rotatable bonds is 2. The average Bonchev–Trinajstić information content (AvgIpc) is 2.76. The number of hydrogen-bond acceptors (Lipinski definition) is 4. The van der Waals surface area contributed by atoms with Gasteiger partial charge in [0.15, 0.2) is 0 Å². The van der Waals surface area contributed by atoms with Gasteiger partial charge in [-0.15, -0.1) is 0 Å². The number of hydrazine groups is 1. The number of nitrogens with one attached hydrogen (secondary N) is 1. The number of likely N-dealkylation sites (tertiary alicyclic amines) is 1. The molecule has 0 radical (unpaired) electrons. The summed E-state index contributed by atoms with van der Waals surface area (Å²) in [4.78, 5) is 14.5. The number of nitrogen functional groups attached to an aromatic ring is 1. The molecular formula is C14H19N3O2. The molecule has 3 N–H and O–H groups in total. The second-order valence-electron chi connectivity index (χ2n) is 5.34. The number of nitrogens with two attached hydrogens (primary N) is 1. The van der Waals surface area contributed by atoms with E-state index in [0.29, 0.717) is 13.1 Å². The molecule has 0 aromatic heterocycles. The zero-order valence-electron chi connectivity index (χ0n) is 11.1. The van der Waals surface area contributed by atoms with Gasteiger partial charge >= 0.3 is 0 Å². The second-order valence-corrected chi connectivity index (χ2v) is 5.34. The number of amides is 1. The summed E-state index contributed by atoms with van der Waals surface area (Å²) in [5.41, 5.74) is 5.10. The number of benzene rings is 1. The molecule has 0 spiro atoms. The van der Waals surface area contributed by atoms with Crippen LogP contribution in [0.15, 0.2) is 18.2 Å². The Morgan fingerprint density at radius 2 is 2.05 bits per heavy atom. The summed E-state index contributed by atoms with van der Waals surface area (Å²) in [5, 5.41) is 0. The summed E-state index contributed by atoms with van der Waals surface area (Å²) < 4.78 is 5.76. The Bertz CT molecular complexity index is 491. The maximum Gasteiger partial charge on any atom is 0.254 e. The summed E-state index contributed by atoms with van der Waals surface area (Å²) in [7, 11) is 0. The molecule has 19 heavy (non-hydrogen) atoms. The smallest absolute Gasteiger partial charge is 0.254 e. The highest BCUT2D eigenvalue weighted by atomic mass is 16.5. The Morgan fingerprint density at radius 3 is 2.63 bits per heavy atom. The van der Waals surface area contributed by atoms with Crippen LogP contribution in [-0.2, 0) is 4.74 Å². The largest absolute Gasteiger partial charge is 0.371 e. The predicted molar refractivity (Wildman–Crippen MR) is 72.8 cm³/mol. The van der Waals surface area contributed by atoms with Crippen LogP contribution in [0, 0.1) is 6.92 Å². The van der Waals surface area contributed by atoms with E-state index in [-0.39, 0.29) is 18.1 Å². The highest BCUT2D eigenvalue weighted by Gasteiger charge is 2.36. The molecule has 2 heterocycles. The van der Waals surface area contributed by atoms with Gasteiger partial charge in [0.25, 0.3) is 5.91 Å². The fraction of sp³-hybridized carbons (Fsp3) is 0.500. The summed E-state index contributed by atoms with van der Waals surface area (Å²) in [6.07, 6.45) is 2.60. The molecular weight excluding hydrogens is 242 g/mol. The van der Waals surface area contributed by atoms with Crippen LogP contribution >= 0.6 is 0 Å². The Labute approximate surface area is 112 Å². The van der Waals surface area contributed by atoms with Gasteiger partial charge in [-0.25, -0.2) is 0 Å². The quantitative estimate of drug-likeness (QED) is 0.621. The van der Waals surface area contributed by atoms with Gasteiger partial charge in [0.2, 0.25) is 0 Å². The number of hydrogen-bond donors (Lipinski definition) is 2. The van der Waals surface area contributed by atoms with Gasteiger partial charge in [0, 0.05) is 24.3 Å². The molecule has 2 aliphatic rings. The minimum atomic E-state index is 0.0984. The van der Waals surface area contributed by atoms with Crippen LogP contribution in [0.5, 0.6) is 0 Å². The van der Waals surface area contributed by atoms with E-state index in [9.17, 15) is 4.79 Å². The van der Waals surface area contributed by atoms with Crippen molar-refractivity contribution in [2.75, 3.05) is 18.5 Å². The van der Waals surface area contributed by atoms with Gasteiger partial charge in [-0.05, 0) is 43.5 Å². The van der Waals surface area contributed by atoms with Crippen molar-refractivity contribution in [3.8, 4) is 0 Å². The Morgan fingerprint density at radius 1 is 1.37 bits per heavy atom. The van der Waals surface area contributed by atoms with Crippen LogP contribution in [-0.4, -0.2) is 36.1 Å². The lowest BCUT2D eigenvalue weighted by Crippen LogP contribution is -2.46. The number of carbonyl (C=O) groups excluding carboxylic acids is 1. The molecule has 2 aliphatic heterocycles. The highest BCUT2D eigenvalue weighted by molar-refractivity contribution is 5.96. The minimum Gasteiger partial charge on any atom is -0.371 e. The highest BCUT2D eigenvalue weighted by Crippen LogP contribution is 2.27. The normalized spacial score (nSPS) is 25.5. The number of carbonyl (C=O) groups is 1. The van der Waals surface area contributed by atoms with E-state index in [4.69, 9.17) is 10.6 Å². The van der Waals surface area contributed by atoms with Crippen molar-refractivity contribution in [1.82, 2.24) is 4.90 Å². The van der Waals surface area contributed by atoms with Crippen LogP contribution in [0.1, 0.15) is 28.8 Å². The monoisotopic (exact) mass is 261 g/mol. The van der Waals surface area contributed by atoms with Crippen molar-refractivity contribution in [3.63, 3.8) is 0 Å². The van der Waals surface area contributed by atoms with Gasteiger partial charge in [0.1, 0.15) is 0 Å². The first-order valence-electron chi connectivity index (χ1n) is 6.69. The van der Waals surface area contributed by atoms with E-state index in [2.05, 4.69) is 5.43 Å². The molecule has 0 aliphatic carbocycles. The van der Waals surface area contributed by atoms with Crippen molar-refractivity contribution in [3.05, 3.63) is 29.3 Å².